The molecule has 0 aromatic heterocycles. The summed E-state index contributed by atoms with van der Waals surface area (Å²) in [6.45, 7) is 5.19. The molecule has 0 fully saturated rings. The first kappa shape index (κ1) is 13.2. The molecule has 1 atom stereocenters. The van der Waals surface area contributed by atoms with Crippen molar-refractivity contribution in [2.75, 3.05) is 18.5 Å². The number of rotatable bonds is 2. The van der Waals surface area contributed by atoms with Crippen LogP contribution in [0.15, 0.2) is 36.4 Å². The van der Waals surface area contributed by atoms with Crippen LogP contribution in [0.2, 0.25) is 0 Å². The smallest absolute Gasteiger partial charge is 0.104 e. The van der Waals surface area contributed by atoms with E-state index in [1.54, 1.807) is 0 Å². The van der Waals surface area contributed by atoms with E-state index >= 15 is 0 Å². The number of aryl methyl sites for hydroxylation is 2. The zero-order valence-corrected chi connectivity index (χ0v) is 12.4. The van der Waals surface area contributed by atoms with Gasteiger partial charge >= 0.3 is 0 Å². The molecule has 104 valence electrons. The zero-order valence-electron chi connectivity index (χ0n) is 12.4. The summed E-state index contributed by atoms with van der Waals surface area (Å²) in [5.41, 5.74) is 6.96. The van der Waals surface area contributed by atoms with E-state index in [4.69, 9.17) is 0 Å². The van der Waals surface area contributed by atoms with Crippen LogP contribution in [0.5, 0.6) is 0 Å². The summed E-state index contributed by atoms with van der Waals surface area (Å²) < 4.78 is 0. The Kier molecular flexibility index (Phi) is 3.27. The predicted octanol–water partition coefficient (Wildman–Crippen LogP) is 3.38. The minimum Gasteiger partial charge on any atom is -0.384 e. The number of fused-ring (bicyclic) bond motifs is 1. The summed E-state index contributed by atoms with van der Waals surface area (Å²) in [6, 6.07) is 12.6. The highest BCUT2D eigenvalue weighted by atomic mass is 16.3. The summed E-state index contributed by atoms with van der Waals surface area (Å²) >= 11 is 0. The second-order valence-electron chi connectivity index (χ2n) is 5.82. The van der Waals surface area contributed by atoms with Gasteiger partial charge in [-0.25, -0.2) is 0 Å². The molecule has 3 rings (SSSR count). The van der Waals surface area contributed by atoms with Gasteiger partial charge in [-0.15, -0.1) is 0 Å². The Hall–Kier alpha value is -1.80. The Morgan fingerprint density at radius 3 is 2.70 bits per heavy atom. The molecule has 1 heterocycles. The summed E-state index contributed by atoms with van der Waals surface area (Å²) in [6.07, 6.45) is 0.533. The third-order valence-corrected chi connectivity index (χ3v) is 4.28. The van der Waals surface area contributed by atoms with Gasteiger partial charge in [0.15, 0.2) is 0 Å². The van der Waals surface area contributed by atoms with Crippen molar-refractivity contribution in [1.29, 1.82) is 0 Å². The van der Waals surface area contributed by atoms with E-state index in [2.05, 4.69) is 56.1 Å². The van der Waals surface area contributed by atoms with Gasteiger partial charge in [-0.1, -0.05) is 35.9 Å². The second kappa shape index (κ2) is 4.95. The molecule has 1 unspecified atom stereocenters. The lowest BCUT2D eigenvalue weighted by molar-refractivity contribution is 0.219. The third kappa shape index (κ3) is 2.20. The maximum absolute atomic E-state index is 10.7. The Balaban J connectivity index is 1.99. The number of hydrogen-bond donors (Lipinski definition) is 1. The maximum Gasteiger partial charge on any atom is 0.104 e. The highest BCUT2D eigenvalue weighted by Crippen LogP contribution is 2.32. The lowest BCUT2D eigenvalue weighted by atomic mass is 9.94. The van der Waals surface area contributed by atoms with Gasteiger partial charge in [0.2, 0.25) is 0 Å². The second-order valence-corrected chi connectivity index (χ2v) is 5.82. The molecule has 2 aromatic carbocycles. The Bertz CT molecular complexity index is 648. The molecule has 0 bridgehead atoms. The number of aliphatic hydroxyl groups excluding tert-OH is 1. The van der Waals surface area contributed by atoms with Crippen LogP contribution in [0.3, 0.4) is 0 Å². The molecule has 1 aliphatic heterocycles. The van der Waals surface area contributed by atoms with Crippen LogP contribution in [0.4, 0.5) is 5.69 Å². The minimum absolute atomic E-state index is 0.536. The van der Waals surface area contributed by atoms with Gasteiger partial charge in [-0.2, -0.15) is 0 Å². The molecular formula is C18H21NO. The number of benzene rings is 2. The fourth-order valence-electron chi connectivity index (χ4n) is 2.99. The topological polar surface area (TPSA) is 23.5 Å². The van der Waals surface area contributed by atoms with Crippen LogP contribution >= 0.6 is 0 Å². The van der Waals surface area contributed by atoms with Crippen molar-refractivity contribution in [2.24, 2.45) is 0 Å². The van der Waals surface area contributed by atoms with Gasteiger partial charge in [0.25, 0.3) is 0 Å². The van der Waals surface area contributed by atoms with Crippen LogP contribution in [0.25, 0.3) is 0 Å². The highest BCUT2D eigenvalue weighted by molar-refractivity contribution is 5.59. The molecule has 1 N–H and O–H groups in total. The fourth-order valence-corrected chi connectivity index (χ4v) is 2.99. The van der Waals surface area contributed by atoms with Crippen LogP contribution in [0, 0.1) is 13.8 Å². The Morgan fingerprint density at radius 1 is 1.10 bits per heavy atom. The van der Waals surface area contributed by atoms with Gasteiger partial charge in [0.1, 0.15) is 6.10 Å². The molecule has 0 saturated carbocycles. The predicted molar refractivity (Wildman–Crippen MR) is 83.4 cm³/mol. The van der Waals surface area contributed by atoms with Gasteiger partial charge in [0.05, 0.1) is 0 Å². The molecule has 2 aromatic rings. The normalized spacial score (nSPS) is 15.3. The summed E-state index contributed by atoms with van der Waals surface area (Å²) in [5, 5.41) is 10.7. The molecule has 1 aliphatic rings. The molecule has 0 radical (unpaired) electrons. The maximum atomic E-state index is 10.7. The van der Waals surface area contributed by atoms with Gasteiger partial charge in [-0.05, 0) is 48.6 Å². The van der Waals surface area contributed by atoms with Crippen molar-refractivity contribution in [3.05, 3.63) is 64.2 Å². The fraction of sp³-hybridized carbons (Fsp3) is 0.333. The van der Waals surface area contributed by atoms with Crippen molar-refractivity contribution in [3.63, 3.8) is 0 Å². The minimum atomic E-state index is -0.536. The first-order valence-corrected chi connectivity index (χ1v) is 7.15. The van der Waals surface area contributed by atoms with E-state index in [1.807, 2.05) is 6.07 Å². The van der Waals surface area contributed by atoms with Crippen molar-refractivity contribution >= 4 is 5.69 Å². The van der Waals surface area contributed by atoms with E-state index < -0.39 is 6.10 Å². The lowest BCUT2D eigenvalue weighted by Crippen LogP contribution is -2.12. The Labute approximate surface area is 120 Å². The molecule has 0 saturated heterocycles. The van der Waals surface area contributed by atoms with Crippen LogP contribution in [-0.2, 0) is 6.42 Å². The molecule has 0 spiro atoms. The summed E-state index contributed by atoms with van der Waals surface area (Å²) in [4.78, 5) is 2.27. The molecule has 2 nitrogen and oxygen atoms in total. The zero-order chi connectivity index (χ0) is 14.3. The number of likely N-dealkylation sites (N-methyl/N-ethyl adjacent to an activating group) is 1. The highest BCUT2D eigenvalue weighted by Gasteiger charge is 2.19. The number of anilines is 1. The SMILES string of the molecule is Cc1ccc(C)c(C(O)c2ccc3c(c2)CCN3C)c1. The molecule has 0 aliphatic carbocycles. The van der Waals surface area contributed by atoms with E-state index in [-0.39, 0.29) is 0 Å². The number of aliphatic hydroxyl groups is 1. The first-order valence-electron chi connectivity index (χ1n) is 7.15. The lowest BCUT2D eigenvalue weighted by Gasteiger charge is -2.17. The monoisotopic (exact) mass is 267 g/mol. The Morgan fingerprint density at radius 2 is 1.90 bits per heavy atom. The van der Waals surface area contributed by atoms with Crippen molar-refractivity contribution in [1.82, 2.24) is 0 Å². The molecular weight excluding hydrogens is 246 g/mol. The largest absolute Gasteiger partial charge is 0.384 e. The van der Waals surface area contributed by atoms with E-state index in [0.29, 0.717) is 0 Å². The van der Waals surface area contributed by atoms with Crippen LogP contribution in [-0.4, -0.2) is 18.7 Å². The van der Waals surface area contributed by atoms with Gasteiger partial charge in [0, 0.05) is 19.3 Å². The quantitative estimate of drug-likeness (QED) is 0.901. The average molecular weight is 267 g/mol. The van der Waals surface area contributed by atoms with Crippen molar-refractivity contribution < 1.29 is 5.11 Å². The van der Waals surface area contributed by atoms with Crippen molar-refractivity contribution in [2.45, 2.75) is 26.4 Å². The van der Waals surface area contributed by atoms with E-state index in [9.17, 15) is 5.11 Å². The van der Waals surface area contributed by atoms with Crippen LogP contribution < -0.4 is 4.90 Å². The van der Waals surface area contributed by atoms with E-state index in [1.165, 1.54) is 16.8 Å². The standard InChI is InChI=1S/C18H21NO/c1-12-4-5-13(2)16(10-12)18(20)15-6-7-17-14(11-15)8-9-19(17)3/h4-7,10-11,18,20H,8-9H2,1-3H3. The molecule has 2 heteroatoms. The average Bonchev–Trinajstić information content (AvgIpc) is 2.82. The molecule has 20 heavy (non-hydrogen) atoms. The van der Waals surface area contributed by atoms with Crippen molar-refractivity contribution in [3.8, 4) is 0 Å². The number of nitrogens with zero attached hydrogens (tertiary/aromatic N) is 1. The molecule has 0 amide bonds. The summed E-state index contributed by atoms with van der Waals surface area (Å²) in [7, 11) is 2.12. The number of hydrogen-bond acceptors (Lipinski definition) is 2. The summed E-state index contributed by atoms with van der Waals surface area (Å²) in [5.74, 6) is 0. The third-order valence-electron chi connectivity index (χ3n) is 4.28. The van der Waals surface area contributed by atoms with Gasteiger partial charge in [-0.3, -0.25) is 0 Å². The van der Waals surface area contributed by atoms with E-state index in [0.717, 1.165) is 29.7 Å². The first-order chi connectivity index (χ1) is 9.56. The van der Waals surface area contributed by atoms with Gasteiger partial charge < -0.3 is 10.0 Å². The van der Waals surface area contributed by atoms with Crippen LogP contribution in [0.1, 0.15) is 33.9 Å².